The van der Waals surface area contributed by atoms with E-state index in [4.69, 9.17) is 13.9 Å². The van der Waals surface area contributed by atoms with Crippen molar-refractivity contribution in [2.24, 2.45) is 5.10 Å². The molecule has 0 fully saturated rings. The van der Waals surface area contributed by atoms with Gasteiger partial charge in [-0.2, -0.15) is 5.10 Å². The first kappa shape index (κ1) is 19.6. The van der Waals surface area contributed by atoms with Crippen LogP contribution in [0.3, 0.4) is 0 Å². The van der Waals surface area contributed by atoms with Gasteiger partial charge in [0.05, 0.1) is 12.8 Å². The molecule has 8 heteroatoms. The Morgan fingerprint density at radius 3 is 2.71 bits per heavy atom. The number of carbonyl (C=O) groups is 2. The molecule has 3 rings (SSSR count). The van der Waals surface area contributed by atoms with Gasteiger partial charge in [0.15, 0.2) is 12.4 Å². The van der Waals surface area contributed by atoms with Gasteiger partial charge in [0.2, 0.25) is 0 Å². The van der Waals surface area contributed by atoms with Crippen LogP contribution in [0.1, 0.15) is 23.0 Å². The molecule has 0 aliphatic carbocycles. The number of benzene rings is 2. The molecule has 0 atom stereocenters. The third-order valence-electron chi connectivity index (χ3n) is 3.62. The van der Waals surface area contributed by atoms with Gasteiger partial charge in [-0.05, 0) is 61.0 Å². The maximum absolute atomic E-state index is 12.2. The molecule has 0 spiro atoms. The van der Waals surface area contributed by atoms with Crippen LogP contribution in [0.4, 0.5) is 0 Å². The van der Waals surface area contributed by atoms with E-state index in [2.05, 4.69) is 26.5 Å². The quantitative estimate of drug-likeness (QED) is 0.339. The lowest BCUT2D eigenvalue weighted by Gasteiger charge is -2.05. The minimum Gasteiger partial charge on any atom is -0.482 e. The van der Waals surface area contributed by atoms with E-state index in [1.807, 2.05) is 12.1 Å². The Hall–Kier alpha value is -3.13. The summed E-state index contributed by atoms with van der Waals surface area (Å²) in [5, 5.41) is 4.75. The van der Waals surface area contributed by atoms with Crippen LogP contribution in [-0.2, 0) is 9.53 Å². The molecule has 144 valence electrons. The molecule has 0 aliphatic rings. The van der Waals surface area contributed by atoms with E-state index < -0.39 is 11.9 Å². The number of furan rings is 1. The van der Waals surface area contributed by atoms with Crippen molar-refractivity contribution in [1.29, 1.82) is 0 Å². The number of esters is 1. The number of hydrogen-bond acceptors (Lipinski definition) is 6. The maximum Gasteiger partial charge on any atom is 0.344 e. The predicted molar refractivity (Wildman–Crippen MR) is 108 cm³/mol. The highest BCUT2D eigenvalue weighted by molar-refractivity contribution is 9.10. The number of carbonyl (C=O) groups excluding carboxylic acids is 2. The molecule has 0 saturated heterocycles. The largest absolute Gasteiger partial charge is 0.482 e. The highest BCUT2D eigenvalue weighted by Crippen LogP contribution is 2.23. The molecule has 0 radical (unpaired) electrons. The number of nitrogens with zero attached hydrogens (tertiary/aromatic N) is 1. The van der Waals surface area contributed by atoms with E-state index in [0.29, 0.717) is 17.9 Å². The van der Waals surface area contributed by atoms with Gasteiger partial charge in [-0.1, -0.05) is 15.9 Å². The van der Waals surface area contributed by atoms with Crippen molar-refractivity contribution in [2.75, 3.05) is 13.2 Å². The molecule has 2 aromatic carbocycles. The number of fused-ring (bicyclic) bond motifs is 1. The van der Waals surface area contributed by atoms with Crippen molar-refractivity contribution in [3.63, 3.8) is 0 Å². The molecular weight excluding hydrogens is 428 g/mol. The van der Waals surface area contributed by atoms with Crippen LogP contribution < -0.4 is 10.2 Å². The molecule has 28 heavy (non-hydrogen) atoms. The molecule has 3 aromatic rings. The number of amides is 1. The van der Waals surface area contributed by atoms with Crippen LogP contribution >= 0.6 is 15.9 Å². The lowest BCUT2D eigenvalue weighted by molar-refractivity contribution is -0.145. The van der Waals surface area contributed by atoms with Crippen molar-refractivity contribution in [3.8, 4) is 5.75 Å². The predicted octanol–water partition coefficient (Wildman–Crippen LogP) is 3.90. The van der Waals surface area contributed by atoms with Crippen molar-refractivity contribution >= 4 is 45.0 Å². The fourth-order valence-corrected chi connectivity index (χ4v) is 2.72. The van der Waals surface area contributed by atoms with Gasteiger partial charge in [-0.3, -0.25) is 4.79 Å². The van der Waals surface area contributed by atoms with Gasteiger partial charge in [0, 0.05) is 9.86 Å². The first-order valence-electron chi connectivity index (χ1n) is 8.46. The Morgan fingerprint density at radius 2 is 1.96 bits per heavy atom. The Bertz CT molecular complexity index is 1010. The molecule has 7 nitrogen and oxygen atoms in total. The fourth-order valence-electron chi connectivity index (χ4n) is 2.34. The third kappa shape index (κ3) is 5.20. The molecule has 0 saturated carbocycles. The second-order valence-electron chi connectivity index (χ2n) is 5.65. The van der Waals surface area contributed by atoms with Gasteiger partial charge < -0.3 is 13.9 Å². The number of rotatable bonds is 7. The summed E-state index contributed by atoms with van der Waals surface area (Å²) in [7, 11) is 0. The van der Waals surface area contributed by atoms with E-state index in [-0.39, 0.29) is 12.4 Å². The lowest BCUT2D eigenvalue weighted by Crippen LogP contribution is -2.16. The molecular formula is C20H17BrN2O5. The van der Waals surface area contributed by atoms with Crippen molar-refractivity contribution in [1.82, 2.24) is 5.43 Å². The summed E-state index contributed by atoms with van der Waals surface area (Å²) in [6.07, 6.45) is 1.49. The first-order chi connectivity index (χ1) is 13.5. The summed E-state index contributed by atoms with van der Waals surface area (Å²) in [6, 6.07) is 14.0. The maximum atomic E-state index is 12.2. The summed E-state index contributed by atoms with van der Waals surface area (Å²) in [4.78, 5) is 23.4. The monoisotopic (exact) mass is 444 g/mol. The molecule has 1 heterocycles. The van der Waals surface area contributed by atoms with Gasteiger partial charge in [0.1, 0.15) is 11.3 Å². The van der Waals surface area contributed by atoms with Crippen molar-refractivity contribution < 1.29 is 23.5 Å². The zero-order chi connectivity index (χ0) is 19.9. The first-order valence-corrected chi connectivity index (χ1v) is 9.25. The molecule has 0 aliphatic heterocycles. The Kier molecular flexibility index (Phi) is 6.44. The second kappa shape index (κ2) is 9.18. The SMILES string of the molecule is CCOC(=O)COc1ccc(/C=N/NC(=O)c2cc3cc(Br)ccc3o2)cc1. The molecule has 1 N–H and O–H groups in total. The van der Waals surface area contributed by atoms with Gasteiger partial charge in [-0.25, -0.2) is 10.2 Å². The smallest absolute Gasteiger partial charge is 0.344 e. The molecule has 1 aromatic heterocycles. The highest BCUT2D eigenvalue weighted by atomic mass is 79.9. The number of nitrogens with one attached hydrogen (secondary N) is 1. The van der Waals surface area contributed by atoms with Crippen molar-refractivity contribution in [2.45, 2.75) is 6.92 Å². The third-order valence-corrected chi connectivity index (χ3v) is 4.12. The fraction of sp³-hybridized carbons (Fsp3) is 0.150. The normalized spacial score (nSPS) is 10.9. The van der Waals surface area contributed by atoms with Crippen LogP contribution in [-0.4, -0.2) is 31.3 Å². The van der Waals surface area contributed by atoms with Gasteiger partial charge in [-0.15, -0.1) is 0 Å². The number of hydrazone groups is 1. The summed E-state index contributed by atoms with van der Waals surface area (Å²) >= 11 is 3.38. The minimum absolute atomic E-state index is 0.147. The van der Waals surface area contributed by atoms with E-state index >= 15 is 0 Å². The van der Waals surface area contributed by atoms with Crippen LogP contribution in [0, 0.1) is 0 Å². The zero-order valence-electron chi connectivity index (χ0n) is 15.0. The van der Waals surface area contributed by atoms with E-state index in [9.17, 15) is 9.59 Å². The minimum atomic E-state index is -0.446. The molecule has 0 unspecified atom stereocenters. The second-order valence-corrected chi connectivity index (χ2v) is 6.57. The van der Waals surface area contributed by atoms with Crippen LogP contribution in [0.15, 0.2) is 62.5 Å². The topological polar surface area (TPSA) is 90.1 Å². The average Bonchev–Trinajstić information content (AvgIpc) is 3.11. The highest BCUT2D eigenvalue weighted by Gasteiger charge is 2.11. The molecule has 0 bridgehead atoms. The van der Waals surface area contributed by atoms with E-state index in [1.54, 1.807) is 43.3 Å². The Morgan fingerprint density at radius 1 is 1.18 bits per heavy atom. The Labute approximate surface area is 169 Å². The van der Waals surface area contributed by atoms with Crippen molar-refractivity contribution in [3.05, 3.63) is 64.3 Å². The number of ether oxygens (including phenoxy) is 2. The van der Waals surface area contributed by atoms with E-state index in [0.717, 1.165) is 15.4 Å². The zero-order valence-corrected chi connectivity index (χ0v) is 16.6. The molecule has 1 amide bonds. The average molecular weight is 445 g/mol. The summed E-state index contributed by atoms with van der Waals surface area (Å²) in [6.45, 7) is 1.90. The van der Waals surface area contributed by atoms with Gasteiger partial charge in [0.25, 0.3) is 0 Å². The van der Waals surface area contributed by atoms with Gasteiger partial charge >= 0.3 is 11.9 Å². The Balaban J connectivity index is 1.54. The summed E-state index contributed by atoms with van der Waals surface area (Å²) < 4.78 is 16.5. The lowest BCUT2D eigenvalue weighted by atomic mass is 10.2. The number of hydrogen-bond donors (Lipinski definition) is 1. The summed E-state index contributed by atoms with van der Waals surface area (Å²) in [5.41, 5.74) is 3.79. The summed E-state index contributed by atoms with van der Waals surface area (Å²) in [5.74, 6) is -0.164. The van der Waals surface area contributed by atoms with Crippen LogP contribution in [0.2, 0.25) is 0 Å². The standard InChI is InChI=1S/C20H17BrN2O5/c1-2-26-19(24)12-27-16-6-3-13(4-7-16)11-22-23-20(25)18-10-14-9-15(21)5-8-17(14)28-18/h3-11H,2,12H2,1H3,(H,23,25)/b22-11+. The van der Waals surface area contributed by atoms with Crippen LogP contribution in [0.5, 0.6) is 5.75 Å². The van der Waals surface area contributed by atoms with E-state index in [1.165, 1.54) is 6.21 Å². The number of halogens is 1. The van der Waals surface area contributed by atoms with Crippen LogP contribution in [0.25, 0.3) is 11.0 Å².